The normalized spacial score (nSPS) is 18.9. The molecule has 0 aliphatic carbocycles. The number of carbonyl (C=O) groups is 2. The van der Waals surface area contributed by atoms with E-state index in [1.165, 1.54) is 22.2 Å². The number of hydrogen-bond donors (Lipinski definition) is 1. The molecule has 1 saturated heterocycles. The van der Waals surface area contributed by atoms with Crippen LogP contribution in [-0.2, 0) is 37.3 Å². The summed E-state index contributed by atoms with van der Waals surface area (Å²) in [5.74, 6) is -0.529. The number of carbonyl (C=O) groups excluding carboxylic acids is 2. The molecule has 2 amide bonds. The van der Waals surface area contributed by atoms with E-state index < -0.39 is 16.1 Å². The van der Waals surface area contributed by atoms with Gasteiger partial charge in [0.1, 0.15) is 6.04 Å². The number of aryl methyl sites for hydroxylation is 1. The topological polar surface area (TPSA) is 96.0 Å². The summed E-state index contributed by atoms with van der Waals surface area (Å²) in [6.45, 7) is 5.10. The van der Waals surface area contributed by atoms with Crippen LogP contribution in [0.3, 0.4) is 0 Å². The molecule has 32 heavy (non-hydrogen) atoms. The number of amides is 2. The summed E-state index contributed by atoms with van der Waals surface area (Å²) in [7, 11) is -3.66. The number of hydrogen-bond acceptors (Lipinski definition) is 5. The average molecular weight is 458 g/mol. The Bertz CT molecular complexity index is 1140. The molecular weight excluding hydrogens is 430 g/mol. The molecule has 2 aromatic rings. The molecule has 2 aliphatic rings. The lowest BCUT2D eigenvalue weighted by Gasteiger charge is -2.26. The minimum Gasteiger partial charge on any atom is -0.379 e. The summed E-state index contributed by atoms with van der Waals surface area (Å²) in [5.41, 5.74) is 3.32. The van der Waals surface area contributed by atoms with Gasteiger partial charge in [-0.3, -0.25) is 14.5 Å². The molecule has 0 radical (unpaired) electrons. The van der Waals surface area contributed by atoms with E-state index in [9.17, 15) is 18.0 Å². The van der Waals surface area contributed by atoms with Crippen LogP contribution in [0.5, 0.6) is 0 Å². The van der Waals surface area contributed by atoms with Crippen molar-refractivity contribution in [1.29, 1.82) is 0 Å². The Morgan fingerprint density at radius 3 is 2.56 bits per heavy atom. The molecule has 0 spiro atoms. The summed E-state index contributed by atoms with van der Waals surface area (Å²) in [6, 6.07) is 11.8. The third kappa shape index (κ3) is 4.41. The van der Waals surface area contributed by atoms with E-state index >= 15 is 0 Å². The minimum absolute atomic E-state index is 0.169. The Hall–Kier alpha value is -2.75. The lowest BCUT2D eigenvalue weighted by atomic mass is 10.1. The van der Waals surface area contributed by atoms with Crippen LogP contribution in [0.25, 0.3) is 0 Å². The predicted octanol–water partition coefficient (Wildman–Crippen LogP) is 1.61. The molecule has 1 atom stereocenters. The Kier molecular flexibility index (Phi) is 6.32. The first kappa shape index (κ1) is 22.4. The van der Waals surface area contributed by atoms with Crippen molar-refractivity contribution in [2.75, 3.05) is 31.2 Å². The third-order valence-corrected chi connectivity index (χ3v) is 7.73. The molecule has 2 heterocycles. The molecule has 2 aliphatic heterocycles. The van der Waals surface area contributed by atoms with Gasteiger partial charge in [0.2, 0.25) is 21.8 Å². The molecule has 9 heteroatoms. The lowest BCUT2D eigenvalue weighted by Crippen LogP contribution is -2.47. The second kappa shape index (κ2) is 9.01. The van der Waals surface area contributed by atoms with E-state index in [0.29, 0.717) is 44.1 Å². The number of ether oxygens (including phenoxy) is 1. The molecule has 4 rings (SSSR count). The number of morpholine rings is 1. The van der Waals surface area contributed by atoms with Gasteiger partial charge in [-0.25, -0.2) is 8.42 Å². The van der Waals surface area contributed by atoms with Crippen molar-refractivity contribution < 1.29 is 22.7 Å². The Labute approximate surface area is 188 Å². The fourth-order valence-corrected chi connectivity index (χ4v) is 5.71. The zero-order valence-corrected chi connectivity index (χ0v) is 19.0. The zero-order chi connectivity index (χ0) is 22.9. The summed E-state index contributed by atoms with van der Waals surface area (Å²) in [4.78, 5) is 27.0. The molecule has 0 saturated carbocycles. The Balaban J connectivity index is 1.55. The van der Waals surface area contributed by atoms with Gasteiger partial charge in [-0.2, -0.15) is 4.31 Å². The SMILES string of the molecule is CC(=O)N1c2ccc(S(=O)(=O)N3CCOCC3)cc2CC1C(=O)NCc1cccc(C)c1. The monoisotopic (exact) mass is 457 g/mol. The van der Waals surface area contributed by atoms with Gasteiger partial charge in [0.05, 0.1) is 18.1 Å². The van der Waals surface area contributed by atoms with Crippen LogP contribution in [0.4, 0.5) is 5.69 Å². The number of nitrogens with one attached hydrogen (secondary N) is 1. The maximum Gasteiger partial charge on any atom is 0.243 e. The van der Waals surface area contributed by atoms with Gasteiger partial charge in [0.15, 0.2) is 0 Å². The van der Waals surface area contributed by atoms with E-state index in [-0.39, 0.29) is 23.1 Å². The maximum atomic E-state index is 13.0. The largest absolute Gasteiger partial charge is 0.379 e. The number of anilines is 1. The molecule has 1 N–H and O–H groups in total. The average Bonchev–Trinajstić information content (AvgIpc) is 3.17. The van der Waals surface area contributed by atoms with Crippen molar-refractivity contribution in [3.63, 3.8) is 0 Å². The van der Waals surface area contributed by atoms with E-state index in [0.717, 1.165) is 11.1 Å². The molecular formula is C23H27N3O5S. The predicted molar refractivity (Wildman–Crippen MR) is 120 cm³/mol. The van der Waals surface area contributed by atoms with Crippen molar-refractivity contribution in [1.82, 2.24) is 9.62 Å². The number of sulfonamides is 1. The van der Waals surface area contributed by atoms with Gasteiger partial charge in [-0.15, -0.1) is 0 Å². The third-order valence-electron chi connectivity index (χ3n) is 5.83. The number of nitrogens with zero attached hydrogens (tertiary/aromatic N) is 2. The summed E-state index contributed by atoms with van der Waals surface area (Å²) >= 11 is 0. The molecule has 170 valence electrons. The number of benzene rings is 2. The van der Waals surface area contributed by atoms with Crippen molar-refractivity contribution in [3.8, 4) is 0 Å². The van der Waals surface area contributed by atoms with Gasteiger partial charge in [-0.05, 0) is 36.2 Å². The minimum atomic E-state index is -3.66. The van der Waals surface area contributed by atoms with Gasteiger partial charge in [-0.1, -0.05) is 29.8 Å². The molecule has 1 fully saturated rings. The highest BCUT2D eigenvalue weighted by atomic mass is 32.2. The van der Waals surface area contributed by atoms with Crippen molar-refractivity contribution in [3.05, 3.63) is 59.2 Å². The van der Waals surface area contributed by atoms with Crippen molar-refractivity contribution in [2.45, 2.75) is 37.8 Å². The van der Waals surface area contributed by atoms with Crippen LogP contribution in [0.2, 0.25) is 0 Å². The Morgan fingerprint density at radius 2 is 1.88 bits per heavy atom. The molecule has 2 aromatic carbocycles. The van der Waals surface area contributed by atoms with Gasteiger partial charge in [0, 0.05) is 38.7 Å². The summed E-state index contributed by atoms with van der Waals surface area (Å²) in [5, 5.41) is 2.91. The number of rotatable bonds is 5. The first-order valence-corrected chi connectivity index (χ1v) is 12.1. The maximum absolute atomic E-state index is 13.0. The van der Waals surface area contributed by atoms with Crippen molar-refractivity contribution >= 4 is 27.5 Å². The van der Waals surface area contributed by atoms with Crippen LogP contribution < -0.4 is 10.2 Å². The fourth-order valence-electron chi connectivity index (χ4n) is 4.25. The molecule has 8 nitrogen and oxygen atoms in total. The highest BCUT2D eigenvalue weighted by molar-refractivity contribution is 7.89. The van der Waals surface area contributed by atoms with Gasteiger partial charge in [0.25, 0.3) is 0 Å². The Morgan fingerprint density at radius 1 is 1.12 bits per heavy atom. The quantitative estimate of drug-likeness (QED) is 0.736. The molecule has 0 bridgehead atoms. The van der Waals surface area contributed by atoms with Crippen molar-refractivity contribution in [2.24, 2.45) is 0 Å². The van der Waals surface area contributed by atoms with E-state index in [4.69, 9.17) is 4.74 Å². The van der Waals surface area contributed by atoms with Crippen LogP contribution in [-0.4, -0.2) is 56.9 Å². The fraction of sp³-hybridized carbons (Fsp3) is 0.391. The number of fused-ring (bicyclic) bond motifs is 1. The van der Waals surface area contributed by atoms with Gasteiger partial charge >= 0.3 is 0 Å². The van der Waals surface area contributed by atoms with E-state index in [1.54, 1.807) is 12.1 Å². The smallest absolute Gasteiger partial charge is 0.243 e. The lowest BCUT2D eigenvalue weighted by molar-refractivity contribution is -0.125. The van der Waals surface area contributed by atoms with Crippen LogP contribution in [0.1, 0.15) is 23.6 Å². The van der Waals surface area contributed by atoms with Crippen LogP contribution in [0, 0.1) is 6.92 Å². The standard InChI is InChI=1S/C23H27N3O5S/c1-16-4-3-5-18(12-16)15-24-23(28)22-14-19-13-20(6-7-21(19)26(22)17(2)27)32(29,30)25-8-10-31-11-9-25/h3-7,12-13,22H,8-11,14-15H2,1-2H3,(H,24,28). The van der Waals surface area contributed by atoms with Crippen LogP contribution in [0.15, 0.2) is 47.4 Å². The zero-order valence-electron chi connectivity index (χ0n) is 18.2. The molecule has 1 unspecified atom stereocenters. The molecule has 0 aromatic heterocycles. The van der Waals surface area contributed by atoms with E-state index in [1.807, 2.05) is 31.2 Å². The van der Waals surface area contributed by atoms with Gasteiger partial charge < -0.3 is 10.1 Å². The summed E-state index contributed by atoms with van der Waals surface area (Å²) < 4.78 is 32.7. The first-order valence-electron chi connectivity index (χ1n) is 10.6. The highest BCUT2D eigenvalue weighted by Gasteiger charge is 2.38. The first-order chi connectivity index (χ1) is 15.3. The second-order valence-electron chi connectivity index (χ2n) is 8.12. The van der Waals surface area contributed by atoms with E-state index in [2.05, 4.69) is 5.32 Å². The van der Waals surface area contributed by atoms with Crippen LogP contribution >= 0.6 is 0 Å². The summed E-state index contributed by atoms with van der Waals surface area (Å²) in [6.07, 6.45) is 0.265. The second-order valence-corrected chi connectivity index (χ2v) is 10.1. The highest BCUT2D eigenvalue weighted by Crippen LogP contribution is 2.35.